The van der Waals surface area contributed by atoms with Crippen LogP contribution >= 0.6 is 0 Å². The van der Waals surface area contributed by atoms with E-state index in [0.29, 0.717) is 23.7 Å². The van der Waals surface area contributed by atoms with Crippen molar-refractivity contribution in [2.24, 2.45) is 0 Å². The first-order valence-corrected chi connectivity index (χ1v) is 8.55. The van der Waals surface area contributed by atoms with Crippen LogP contribution in [0.1, 0.15) is 47.8 Å². The summed E-state index contributed by atoms with van der Waals surface area (Å²) in [5.74, 6) is 0.280. The minimum Gasteiger partial charge on any atom is -0.493 e. The summed E-state index contributed by atoms with van der Waals surface area (Å²) < 4.78 is 50.2. The summed E-state index contributed by atoms with van der Waals surface area (Å²) in [7, 11) is 1.50. The molecule has 0 aliphatic carbocycles. The van der Waals surface area contributed by atoms with Gasteiger partial charge in [-0.2, -0.15) is 13.2 Å². The summed E-state index contributed by atoms with van der Waals surface area (Å²) in [5.41, 5.74) is -0.684. The Balaban J connectivity index is 2.20. The number of hydrogen-bond donors (Lipinski definition) is 1. The number of carbonyl (C=O) groups excluding carboxylic acids is 1. The van der Waals surface area contributed by atoms with E-state index < -0.39 is 29.3 Å². The molecule has 0 saturated heterocycles. The van der Waals surface area contributed by atoms with Crippen molar-refractivity contribution in [2.75, 3.05) is 13.7 Å². The number of ether oxygens (including phenoxy) is 2. The molecule has 0 aliphatic rings. The van der Waals surface area contributed by atoms with Crippen molar-refractivity contribution in [3.8, 4) is 11.5 Å². The second-order valence-electron chi connectivity index (χ2n) is 6.00. The molecule has 2 rings (SSSR count). The van der Waals surface area contributed by atoms with Crippen molar-refractivity contribution in [1.82, 2.24) is 5.32 Å². The number of alkyl halides is 3. The molecule has 1 N–H and O–H groups in total. The van der Waals surface area contributed by atoms with Gasteiger partial charge in [0, 0.05) is 0 Å². The van der Waals surface area contributed by atoms with Crippen LogP contribution in [0.4, 0.5) is 13.2 Å². The van der Waals surface area contributed by atoms with Crippen LogP contribution in [0.5, 0.6) is 11.5 Å². The largest absolute Gasteiger partial charge is 0.493 e. The van der Waals surface area contributed by atoms with Crippen LogP contribution < -0.4 is 14.8 Å². The van der Waals surface area contributed by atoms with Gasteiger partial charge in [0.25, 0.3) is 5.91 Å². The van der Waals surface area contributed by atoms with Crippen LogP contribution in [-0.2, 0) is 6.18 Å². The molecule has 2 aromatic rings. The van der Waals surface area contributed by atoms with Crippen molar-refractivity contribution < 1.29 is 27.4 Å². The molecule has 0 radical (unpaired) electrons. The van der Waals surface area contributed by atoms with Crippen molar-refractivity contribution in [2.45, 2.75) is 32.5 Å². The van der Waals surface area contributed by atoms with Crippen LogP contribution in [0.15, 0.2) is 42.5 Å². The first-order chi connectivity index (χ1) is 12.8. The molecule has 0 heterocycles. The molecular weight excluding hydrogens is 359 g/mol. The summed E-state index contributed by atoms with van der Waals surface area (Å²) in [4.78, 5) is 12.4. The van der Waals surface area contributed by atoms with Gasteiger partial charge in [-0.25, -0.2) is 0 Å². The van der Waals surface area contributed by atoms with Crippen molar-refractivity contribution in [3.05, 3.63) is 59.2 Å². The smallest absolute Gasteiger partial charge is 0.417 e. The highest BCUT2D eigenvalue weighted by Crippen LogP contribution is 2.33. The third kappa shape index (κ3) is 5.15. The molecular formula is C20H22F3NO3. The van der Waals surface area contributed by atoms with Gasteiger partial charge < -0.3 is 14.8 Å². The predicted molar refractivity (Wildman–Crippen MR) is 96.1 cm³/mol. The molecule has 1 unspecified atom stereocenters. The van der Waals surface area contributed by atoms with Gasteiger partial charge in [0.1, 0.15) is 0 Å². The molecule has 0 fully saturated rings. The molecule has 0 aromatic heterocycles. The Hall–Kier alpha value is -2.70. The molecule has 0 saturated carbocycles. The predicted octanol–water partition coefficient (Wildman–Crippen LogP) is 4.99. The highest BCUT2D eigenvalue weighted by atomic mass is 19.4. The van der Waals surface area contributed by atoms with Crippen molar-refractivity contribution in [1.29, 1.82) is 0 Å². The fraction of sp³-hybridized carbons (Fsp3) is 0.350. The number of carbonyl (C=O) groups is 1. The number of hydrogen-bond acceptors (Lipinski definition) is 3. The Morgan fingerprint density at radius 1 is 1.15 bits per heavy atom. The first-order valence-electron chi connectivity index (χ1n) is 8.55. The topological polar surface area (TPSA) is 47.6 Å². The minimum absolute atomic E-state index is 0.410. The third-order valence-electron chi connectivity index (χ3n) is 3.97. The normalized spacial score (nSPS) is 12.4. The quantitative estimate of drug-likeness (QED) is 0.735. The van der Waals surface area contributed by atoms with E-state index in [2.05, 4.69) is 5.32 Å². The van der Waals surface area contributed by atoms with Gasteiger partial charge in [-0.05, 0) is 43.2 Å². The Morgan fingerprint density at radius 2 is 1.85 bits per heavy atom. The van der Waals surface area contributed by atoms with E-state index in [9.17, 15) is 18.0 Å². The fourth-order valence-electron chi connectivity index (χ4n) is 2.57. The molecule has 0 aliphatic heterocycles. The van der Waals surface area contributed by atoms with E-state index in [1.54, 1.807) is 25.1 Å². The van der Waals surface area contributed by atoms with Gasteiger partial charge >= 0.3 is 6.18 Å². The number of methoxy groups -OCH3 is 1. The van der Waals surface area contributed by atoms with Gasteiger partial charge in [-0.1, -0.05) is 25.1 Å². The fourth-order valence-corrected chi connectivity index (χ4v) is 2.57. The zero-order valence-corrected chi connectivity index (χ0v) is 15.4. The molecule has 0 bridgehead atoms. The molecule has 1 amide bonds. The SMILES string of the molecule is CCCOc1ccc(C(C)NC(=O)c2ccccc2C(F)(F)F)cc1OC. The Labute approximate surface area is 156 Å². The lowest BCUT2D eigenvalue weighted by molar-refractivity contribution is -0.137. The number of rotatable bonds is 7. The maximum absolute atomic E-state index is 13.1. The lowest BCUT2D eigenvalue weighted by Gasteiger charge is -2.18. The van der Waals surface area contributed by atoms with Gasteiger partial charge in [0.2, 0.25) is 0 Å². The summed E-state index contributed by atoms with van der Waals surface area (Å²) >= 11 is 0. The van der Waals surface area contributed by atoms with Gasteiger partial charge in [0.05, 0.1) is 30.9 Å². The number of benzene rings is 2. The molecule has 4 nitrogen and oxygen atoms in total. The van der Waals surface area contributed by atoms with Crippen LogP contribution in [0.3, 0.4) is 0 Å². The zero-order chi connectivity index (χ0) is 20.0. The standard InChI is InChI=1S/C20H22F3NO3/c1-4-11-27-17-10-9-14(12-18(17)26-3)13(2)24-19(25)15-7-5-6-8-16(15)20(21,22)23/h5-10,12-13H,4,11H2,1-3H3,(H,24,25). The van der Waals surface area contributed by atoms with Crippen LogP contribution in [0.2, 0.25) is 0 Å². The van der Waals surface area contributed by atoms with E-state index in [1.807, 2.05) is 6.92 Å². The summed E-state index contributed by atoms with van der Waals surface area (Å²) in [5, 5.41) is 2.60. The average Bonchev–Trinajstić information content (AvgIpc) is 2.65. The van der Waals surface area contributed by atoms with Crippen LogP contribution in [0.25, 0.3) is 0 Å². The second-order valence-corrected chi connectivity index (χ2v) is 6.00. The maximum atomic E-state index is 13.1. The van der Waals surface area contributed by atoms with Crippen molar-refractivity contribution in [3.63, 3.8) is 0 Å². The minimum atomic E-state index is -4.60. The summed E-state index contributed by atoms with van der Waals surface area (Å²) in [6.45, 7) is 4.21. The van der Waals surface area contributed by atoms with E-state index in [-0.39, 0.29) is 0 Å². The van der Waals surface area contributed by atoms with Crippen LogP contribution in [0, 0.1) is 0 Å². The molecule has 2 aromatic carbocycles. The van der Waals surface area contributed by atoms with E-state index in [0.717, 1.165) is 18.6 Å². The van der Waals surface area contributed by atoms with Gasteiger partial charge in [-0.3, -0.25) is 4.79 Å². The van der Waals surface area contributed by atoms with E-state index in [4.69, 9.17) is 9.47 Å². The summed E-state index contributed by atoms with van der Waals surface area (Å²) in [6.07, 6.45) is -3.76. The monoisotopic (exact) mass is 381 g/mol. The molecule has 0 spiro atoms. The van der Waals surface area contributed by atoms with Crippen molar-refractivity contribution >= 4 is 5.91 Å². The van der Waals surface area contributed by atoms with Gasteiger partial charge in [0.15, 0.2) is 11.5 Å². The molecule has 146 valence electrons. The number of amides is 1. The average molecular weight is 381 g/mol. The highest BCUT2D eigenvalue weighted by molar-refractivity contribution is 5.96. The lowest BCUT2D eigenvalue weighted by atomic mass is 10.0. The Kier molecular flexibility index (Phi) is 6.71. The third-order valence-corrected chi connectivity index (χ3v) is 3.97. The molecule has 7 heteroatoms. The Bertz CT molecular complexity index is 790. The van der Waals surface area contributed by atoms with Gasteiger partial charge in [-0.15, -0.1) is 0 Å². The Morgan fingerprint density at radius 3 is 2.48 bits per heavy atom. The molecule has 27 heavy (non-hydrogen) atoms. The number of nitrogens with one attached hydrogen (secondary N) is 1. The second kappa shape index (κ2) is 8.79. The number of halogens is 3. The highest BCUT2D eigenvalue weighted by Gasteiger charge is 2.35. The van der Waals surface area contributed by atoms with E-state index >= 15 is 0 Å². The molecule has 1 atom stereocenters. The van der Waals surface area contributed by atoms with E-state index in [1.165, 1.54) is 19.2 Å². The maximum Gasteiger partial charge on any atom is 0.417 e. The zero-order valence-electron chi connectivity index (χ0n) is 15.4. The first kappa shape index (κ1) is 20.6. The summed E-state index contributed by atoms with van der Waals surface area (Å²) in [6, 6.07) is 9.35. The van der Waals surface area contributed by atoms with Crippen LogP contribution in [-0.4, -0.2) is 19.6 Å². The lowest BCUT2D eigenvalue weighted by Crippen LogP contribution is -2.28.